The van der Waals surface area contributed by atoms with Crippen molar-refractivity contribution in [2.75, 3.05) is 0 Å². The molecule has 6 rings (SSSR count). The Balaban J connectivity index is 1.16. The first-order valence-corrected chi connectivity index (χ1v) is 14.6. The second-order valence-corrected chi connectivity index (χ2v) is 13.6. The molecular weight excluding hydrogens is 470 g/mol. The summed E-state index contributed by atoms with van der Waals surface area (Å²) >= 11 is 0. The summed E-state index contributed by atoms with van der Waals surface area (Å²) in [5.74, 6) is 2.01. The molecule has 2 N–H and O–H groups in total. The summed E-state index contributed by atoms with van der Waals surface area (Å²) in [6.45, 7) is 7.32. The van der Waals surface area contributed by atoms with Gasteiger partial charge in [-0.05, 0) is 110 Å². The van der Waals surface area contributed by atoms with Crippen molar-refractivity contribution >= 4 is 10.9 Å². The molecule has 0 spiro atoms. The van der Waals surface area contributed by atoms with Crippen LogP contribution < -0.4 is 0 Å². The first-order valence-electron chi connectivity index (χ1n) is 14.6. The van der Waals surface area contributed by atoms with Crippen LogP contribution in [0, 0.1) is 58.0 Å². The summed E-state index contributed by atoms with van der Waals surface area (Å²) in [5.41, 5.74) is 0.949. The number of aromatic nitrogens is 2. The Labute approximate surface area is 219 Å². The van der Waals surface area contributed by atoms with E-state index in [2.05, 4.69) is 30.7 Å². The number of halogens is 2. The van der Waals surface area contributed by atoms with E-state index >= 15 is 0 Å². The van der Waals surface area contributed by atoms with Crippen molar-refractivity contribution in [3.63, 3.8) is 0 Å². The lowest BCUT2D eigenvalue weighted by Crippen LogP contribution is -2.58. The Kier molecular flexibility index (Phi) is 6.38. The zero-order chi connectivity index (χ0) is 26.1. The maximum atomic E-state index is 13.7. The van der Waals surface area contributed by atoms with Crippen molar-refractivity contribution in [2.24, 2.45) is 46.3 Å². The maximum absolute atomic E-state index is 13.7. The van der Waals surface area contributed by atoms with Gasteiger partial charge in [0.1, 0.15) is 5.82 Å². The predicted molar refractivity (Wildman–Crippen MR) is 140 cm³/mol. The van der Waals surface area contributed by atoms with Crippen molar-refractivity contribution in [2.45, 2.75) is 97.2 Å². The number of aliphatic hydroxyl groups excluding tert-OH is 2. The summed E-state index contributed by atoms with van der Waals surface area (Å²) in [5, 5.41) is 22.3. The normalized spacial score (nSPS) is 42.2. The Morgan fingerprint density at radius 3 is 2.51 bits per heavy atom. The molecule has 1 heterocycles. The van der Waals surface area contributed by atoms with Crippen LogP contribution in [0.25, 0.3) is 10.9 Å². The van der Waals surface area contributed by atoms with E-state index in [1.807, 2.05) is 0 Å². The highest BCUT2D eigenvalue weighted by atomic mass is 19.2. The fraction of sp³-hybridized carbons (Fsp3) is 0.742. The van der Waals surface area contributed by atoms with E-state index in [0.29, 0.717) is 52.2 Å². The molecule has 0 aliphatic heterocycles. The van der Waals surface area contributed by atoms with E-state index in [-0.39, 0.29) is 23.0 Å². The van der Waals surface area contributed by atoms with E-state index in [4.69, 9.17) is 0 Å². The van der Waals surface area contributed by atoms with E-state index in [1.165, 1.54) is 25.7 Å². The molecule has 1 unspecified atom stereocenters. The van der Waals surface area contributed by atoms with Crippen LogP contribution in [0.1, 0.15) is 84.4 Å². The topological polar surface area (TPSA) is 66.2 Å². The number of aliphatic hydroxyl groups is 2. The van der Waals surface area contributed by atoms with Gasteiger partial charge in [0.15, 0.2) is 11.6 Å². The summed E-state index contributed by atoms with van der Waals surface area (Å²) < 4.78 is 27.3. The molecule has 6 heteroatoms. The first-order chi connectivity index (χ1) is 17.6. The van der Waals surface area contributed by atoms with E-state index in [9.17, 15) is 19.0 Å². The molecular formula is C31H42F2N2O2. The van der Waals surface area contributed by atoms with E-state index in [1.54, 1.807) is 6.20 Å². The molecule has 1 aromatic carbocycles. The van der Waals surface area contributed by atoms with Gasteiger partial charge in [-0.3, -0.25) is 0 Å². The van der Waals surface area contributed by atoms with Gasteiger partial charge in [-0.1, -0.05) is 20.8 Å². The van der Waals surface area contributed by atoms with Gasteiger partial charge in [0.05, 0.1) is 17.7 Å². The summed E-state index contributed by atoms with van der Waals surface area (Å²) in [6, 6.07) is 2.32. The van der Waals surface area contributed by atoms with Gasteiger partial charge < -0.3 is 10.2 Å². The van der Waals surface area contributed by atoms with Crippen LogP contribution in [0.3, 0.4) is 0 Å². The third kappa shape index (κ3) is 4.12. The number of aryl methyl sites for hydroxylation is 1. The van der Waals surface area contributed by atoms with E-state index < -0.39 is 11.6 Å². The van der Waals surface area contributed by atoms with Gasteiger partial charge in [0.2, 0.25) is 0 Å². The molecule has 0 amide bonds. The number of nitrogens with zero attached hydrogens (tertiary/aromatic N) is 2. The van der Waals surface area contributed by atoms with Gasteiger partial charge in [0.25, 0.3) is 0 Å². The lowest BCUT2D eigenvalue weighted by atomic mass is 9.43. The van der Waals surface area contributed by atoms with Crippen LogP contribution in [0.4, 0.5) is 8.78 Å². The van der Waals surface area contributed by atoms with Crippen molar-refractivity contribution in [3.8, 4) is 0 Å². The molecule has 4 aliphatic carbocycles. The maximum Gasteiger partial charge on any atom is 0.161 e. The van der Waals surface area contributed by atoms with Crippen molar-refractivity contribution in [1.82, 2.24) is 9.97 Å². The van der Waals surface area contributed by atoms with Crippen LogP contribution in [0.2, 0.25) is 0 Å². The number of hydrogen-bond donors (Lipinski definition) is 2. The van der Waals surface area contributed by atoms with E-state index in [0.717, 1.165) is 50.7 Å². The molecule has 1 aromatic heterocycles. The molecule has 2 aromatic rings. The van der Waals surface area contributed by atoms with Crippen LogP contribution in [-0.4, -0.2) is 32.4 Å². The number of hydrogen-bond acceptors (Lipinski definition) is 4. The molecule has 202 valence electrons. The number of fused-ring (bicyclic) bond motifs is 6. The lowest BCUT2D eigenvalue weighted by molar-refractivity contribution is -0.174. The minimum Gasteiger partial charge on any atom is -0.393 e. The minimum atomic E-state index is -0.875. The zero-order valence-electron chi connectivity index (χ0n) is 22.5. The average molecular weight is 513 g/mol. The van der Waals surface area contributed by atoms with Crippen LogP contribution in [-0.2, 0) is 6.42 Å². The Bertz CT molecular complexity index is 1180. The molecule has 0 radical (unpaired) electrons. The molecule has 4 nitrogen and oxygen atoms in total. The second-order valence-electron chi connectivity index (χ2n) is 13.6. The highest BCUT2D eigenvalue weighted by Crippen LogP contribution is 2.68. The molecule has 4 aliphatic rings. The summed E-state index contributed by atoms with van der Waals surface area (Å²) in [7, 11) is 0. The van der Waals surface area contributed by atoms with Gasteiger partial charge in [-0.25, -0.2) is 18.7 Å². The second kappa shape index (κ2) is 9.22. The quantitative estimate of drug-likeness (QED) is 0.493. The molecule has 0 bridgehead atoms. The molecule has 0 saturated heterocycles. The molecule has 37 heavy (non-hydrogen) atoms. The van der Waals surface area contributed by atoms with Crippen molar-refractivity contribution in [1.29, 1.82) is 0 Å². The Morgan fingerprint density at radius 2 is 1.70 bits per heavy atom. The molecule has 4 saturated carbocycles. The number of rotatable bonds is 4. The summed E-state index contributed by atoms with van der Waals surface area (Å²) in [4.78, 5) is 8.96. The van der Waals surface area contributed by atoms with Crippen LogP contribution >= 0.6 is 0 Å². The zero-order valence-corrected chi connectivity index (χ0v) is 22.5. The lowest BCUT2D eigenvalue weighted by Gasteiger charge is -2.62. The first kappa shape index (κ1) is 25.6. The Hall–Kier alpha value is -1.66. The third-order valence-electron chi connectivity index (χ3n) is 11.9. The van der Waals surface area contributed by atoms with Crippen LogP contribution in [0.15, 0.2) is 18.3 Å². The highest BCUT2D eigenvalue weighted by molar-refractivity contribution is 5.77. The Morgan fingerprint density at radius 1 is 0.973 bits per heavy atom. The van der Waals surface area contributed by atoms with Crippen molar-refractivity contribution < 1.29 is 19.0 Å². The molecule has 10 atom stereocenters. The van der Waals surface area contributed by atoms with Gasteiger partial charge in [-0.15, -0.1) is 0 Å². The van der Waals surface area contributed by atoms with Gasteiger partial charge in [0, 0.05) is 24.1 Å². The smallest absolute Gasteiger partial charge is 0.161 e. The summed E-state index contributed by atoms with van der Waals surface area (Å²) in [6.07, 6.45) is 11.4. The SMILES string of the molecule is C[C@H](CCc1ncc2cc(F)c(F)cc2n1)[C@H]1CC[C@H]2[C@H]3C(CC[C@]12C)[C@@]1(C)CC[C@@H](O)C[C@H]1C[C@H]3O. The highest BCUT2D eigenvalue weighted by Gasteiger charge is 2.62. The monoisotopic (exact) mass is 512 g/mol. The third-order valence-corrected chi connectivity index (χ3v) is 11.9. The van der Waals surface area contributed by atoms with Gasteiger partial charge >= 0.3 is 0 Å². The van der Waals surface area contributed by atoms with Crippen LogP contribution in [0.5, 0.6) is 0 Å². The van der Waals surface area contributed by atoms with Crippen molar-refractivity contribution in [3.05, 3.63) is 35.8 Å². The average Bonchev–Trinajstić information content (AvgIpc) is 3.21. The standard InChI is InChI=1S/C31H42F2N2O2/c1-17(4-7-28-34-16-18-12-24(32)25(33)15-26(18)35-28)21-5-6-22-29-23(9-11-31(21,22)3)30(2)10-8-20(36)13-19(30)14-27(29)37/h12,15-17,19-23,27,29,36-37H,4-11,13-14H2,1-3H3/t17-,19+,20-,21-,22+,23?,27-,29+,30+,31-/m1/s1. The predicted octanol–water partition coefficient (Wildman–Crippen LogP) is 6.47. The number of benzene rings is 1. The fourth-order valence-corrected chi connectivity index (χ4v) is 9.92. The molecule has 4 fully saturated rings. The minimum absolute atomic E-state index is 0.195. The largest absolute Gasteiger partial charge is 0.393 e. The van der Waals surface area contributed by atoms with Gasteiger partial charge in [-0.2, -0.15) is 0 Å². The fourth-order valence-electron chi connectivity index (χ4n) is 9.92.